The molecule has 0 saturated heterocycles. The van der Waals surface area contributed by atoms with E-state index in [4.69, 9.17) is 18.4 Å². The second-order valence-corrected chi connectivity index (χ2v) is 13.3. The van der Waals surface area contributed by atoms with Crippen molar-refractivity contribution < 1.29 is 16.9 Å². The van der Waals surface area contributed by atoms with Gasteiger partial charge in [-0.25, -0.2) is 0 Å². The van der Waals surface area contributed by atoms with Gasteiger partial charge in [0.2, 0.25) is 0 Å². The van der Waals surface area contributed by atoms with Crippen LogP contribution < -0.4 is 18.7 Å². The molecule has 8 heteroatoms. The topological polar surface area (TPSA) is 86.5 Å². The van der Waals surface area contributed by atoms with Crippen LogP contribution in [-0.4, -0.2) is 23.3 Å². The molecule has 33 heavy (non-hydrogen) atoms. The Balaban J connectivity index is 1.51. The molecule has 1 aliphatic rings. The monoisotopic (exact) mass is 563 g/mol. The Bertz CT molecular complexity index is 1230. The van der Waals surface area contributed by atoms with Crippen LogP contribution in [0, 0.1) is 9.39 Å². The first-order valence-corrected chi connectivity index (χ1v) is 15.3. The second kappa shape index (κ2) is 9.96. The molecule has 2 heterocycles. The number of benzene rings is 2. The fraction of sp³-hybridized carbons (Fsp3) is 0.240. The minimum absolute atomic E-state index is 0.0165. The average molecular weight is 563 g/mol. The first-order chi connectivity index (χ1) is 15.9. The Kier molecular flexibility index (Phi) is 7.04. The number of ether oxygens (including phenoxy) is 2. The van der Waals surface area contributed by atoms with Gasteiger partial charge in [-0.3, -0.25) is 0 Å². The summed E-state index contributed by atoms with van der Waals surface area (Å²) in [5, 5.41) is 3.46. The van der Waals surface area contributed by atoms with Crippen molar-refractivity contribution >= 4 is 18.7 Å². The number of rotatable bonds is 8. The molecular formula is C25H27FIN3O3. The van der Waals surface area contributed by atoms with Crippen LogP contribution in [0.2, 0.25) is 0 Å². The third-order valence-electron chi connectivity index (χ3n) is 5.41. The third kappa shape index (κ3) is 5.39. The van der Waals surface area contributed by atoms with Crippen molar-refractivity contribution in [2.24, 2.45) is 3.95 Å². The van der Waals surface area contributed by atoms with Crippen molar-refractivity contribution in [3.8, 4) is 22.8 Å². The SMILES string of the molecule is CC=C(Cc1cccc(OC)c1)NCCc1cc2c(c(-c3ccc(F)cc3)n1)OCI2(N)=O. The van der Waals surface area contributed by atoms with E-state index in [-0.39, 0.29) is 10.4 Å². The van der Waals surface area contributed by atoms with Crippen LogP contribution >= 0.6 is 18.7 Å². The molecule has 3 N–H and O–H groups in total. The summed E-state index contributed by atoms with van der Waals surface area (Å²) in [7, 11) is 1.66. The number of methoxy groups -OCH3 is 1. The van der Waals surface area contributed by atoms with E-state index in [0.717, 1.165) is 29.1 Å². The van der Waals surface area contributed by atoms with Gasteiger partial charge >= 0.3 is 191 Å². The summed E-state index contributed by atoms with van der Waals surface area (Å²) in [6.45, 7) is 2.63. The number of halogens is 2. The molecule has 4 rings (SSSR count). The van der Waals surface area contributed by atoms with Gasteiger partial charge in [0.1, 0.15) is 0 Å². The molecule has 3 aromatic rings. The fourth-order valence-electron chi connectivity index (χ4n) is 3.67. The van der Waals surface area contributed by atoms with Crippen molar-refractivity contribution in [2.45, 2.75) is 19.8 Å². The van der Waals surface area contributed by atoms with E-state index in [1.54, 1.807) is 25.3 Å². The summed E-state index contributed by atoms with van der Waals surface area (Å²) in [6.07, 6.45) is 3.40. The zero-order valence-corrected chi connectivity index (χ0v) is 20.8. The summed E-state index contributed by atoms with van der Waals surface area (Å²) >= 11 is -3.90. The number of pyridine rings is 1. The molecule has 0 fully saturated rings. The first kappa shape index (κ1) is 23.3. The van der Waals surface area contributed by atoms with E-state index in [0.29, 0.717) is 33.5 Å². The maximum absolute atomic E-state index is 13.4. The molecule has 0 aliphatic carbocycles. The Hall–Kier alpha value is -2.85. The van der Waals surface area contributed by atoms with Gasteiger partial charge in [0.05, 0.1) is 7.11 Å². The molecule has 0 saturated carbocycles. The summed E-state index contributed by atoms with van der Waals surface area (Å²) in [5.41, 5.74) is 4.25. The van der Waals surface area contributed by atoms with Crippen molar-refractivity contribution in [3.05, 3.63) is 87.0 Å². The van der Waals surface area contributed by atoms with E-state index < -0.39 is 18.7 Å². The van der Waals surface area contributed by atoms with Crippen molar-refractivity contribution in [1.29, 1.82) is 0 Å². The van der Waals surface area contributed by atoms with Gasteiger partial charge in [0, 0.05) is 0 Å². The number of hydrogen-bond acceptors (Lipinski definition) is 5. The molecule has 1 aromatic heterocycles. The summed E-state index contributed by atoms with van der Waals surface area (Å²) in [6, 6.07) is 15.8. The van der Waals surface area contributed by atoms with Crippen LogP contribution in [0.1, 0.15) is 18.2 Å². The number of allylic oxidation sites excluding steroid dienone is 2. The zero-order valence-electron chi connectivity index (χ0n) is 18.6. The van der Waals surface area contributed by atoms with E-state index in [2.05, 4.69) is 11.4 Å². The molecule has 6 nitrogen and oxygen atoms in total. The molecule has 0 spiro atoms. The van der Waals surface area contributed by atoms with Gasteiger partial charge in [-0.1, -0.05) is 0 Å². The van der Waals surface area contributed by atoms with Gasteiger partial charge in [-0.05, 0) is 0 Å². The average Bonchev–Trinajstić information content (AvgIpc) is 3.13. The van der Waals surface area contributed by atoms with Crippen LogP contribution in [-0.2, 0) is 15.9 Å². The summed E-state index contributed by atoms with van der Waals surface area (Å²) in [4.78, 5) is 4.75. The van der Waals surface area contributed by atoms with Crippen molar-refractivity contribution in [1.82, 2.24) is 10.3 Å². The van der Waals surface area contributed by atoms with Gasteiger partial charge in [-0.2, -0.15) is 0 Å². The molecule has 1 unspecified atom stereocenters. The first-order valence-electron chi connectivity index (χ1n) is 10.6. The number of alkyl halides is 1. The van der Waals surface area contributed by atoms with Crippen molar-refractivity contribution in [2.75, 3.05) is 18.3 Å². The number of nitrogens with one attached hydrogen (secondary N) is 1. The standard InChI is InChI=1S/C25H27FIN3O3/c1-3-20(13-17-5-4-6-22(14-17)32-2)29-12-11-21-15-23-25(33-16-27(23,28)31)24(30-21)18-7-9-19(26)10-8-18/h3-10,14-15,29H,11-13,16H2,1-2H3,(H2,28,31). The summed E-state index contributed by atoms with van der Waals surface area (Å²) < 4.78 is 44.0. The number of nitrogens with two attached hydrogens (primary N) is 1. The predicted octanol–water partition coefficient (Wildman–Crippen LogP) is 4.96. The number of fused-ring (bicyclic) bond motifs is 1. The molecule has 0 amide bonds. The van der Waals surface area contributed by atoms with Crippen LogP contribution in [0.3, 0.4) is 0 Å². The van der Waals surface area contributed by atoms with E-state index in [1.165, 1.54) is 12.1 Å². The molecule has 2 aromatic carbocycles. The quantitative estimate of drug-likeness (QED) is 0.229. The van der Waals surface area contributed by atoms with Crippen LogP contribution in [0.25, 0.3) is 11.3 Å². The Morgan fingerprint density at radius 3 is 2.79 bits per heavy atom. The van der Waals surface area contributed by atoms with Gasteiger partial charge < -0.3 is 0 Å². The molecule has 174 valence electrons. The Labute approximate surface area is 197 Å². The zero-order chi connectivity index (χ0) is 23.4. The van der Waals surface area contributed by atoms with E-state index in [9.17, 15) is 7.46 Å². The minimum atomic E-state index is -3.90. The number of nitrogens with zero attached hydrogens (tertiary/aromatic N) is 1. The van der Waals surface area contributed by atoms with Gasteiger partial charge in [0.25, 0.3) is 0 Å². The predicted molar refractivity (Wildman–Crippen MR) is 135 cm³/mol. The van der Waals surface area contributed by atoms with E-state index in [1.807, 2.05) is 31.2 Å². The van der Waals surface area contributed by atoms with Crippen LogP contribution in [0.5, 0.6) is 11.5 Å². The molecule has 0 bridgehead atoms. The van der Waals surface area contributed by atoms with E-state index >= 15 is 0 Å². The Morgan fingerprint density at radius 1 is 1.27 bits per heavy atom. The molecule has 1 atom stereocenters. The van der Waals surface area contributed by atoms with Crippen LogP contribution in [0.15, 0.2) is 66.4 Å². The van der Waals surface area contributed by atoms with Crippen molar-refractivity contribution in [3.63, 3.8) is 0 Å². The molecular weight excluding hydrogens is 536 g/mol. The maximum atomic E-state index is 13.4. The number of aromatic nitrogens is 1. The molecule has 0 radical (unpaired) electrons. The normalized spacial score (nSPS) is 19.3. The van der Waals surface area contributed by atoms with Gasteiger partial charge in [-0.15, -0.1) is 0 Å². The Morgan fingerprint density at radius 2 is 2.06 bits per heavy atom. The van der Waals surface area contributed by atoms with Gasteiger partial charge in [0.15, 0.2) is 0 Å². The number of hydrogen-bond donors (Lipinski definition) is 2. The van der Waals surface area contributed by atoms with Crippen LogP contribution in [0.4, 0.5) is 4.39 Å². The third-order valence-corrected chi connectivity index (χ3v) is 9.42. The molecule has 1 aliphatic heterocycles. The summed E-state index contributed by atoms with van der Waals surface area (Å²) in [5.74, 6) is 0.953. The fourth-order valence-corrected chi connectivity index (χ4v) is 6.91. The second-order valence-electron chi connectivity index (χ2n) is 7.72.